The highest BCUT2D eigenvalue weighted by Crippen LogP contribution is 2.20. The van der Waals surface area contributed by atoms with Crippen LogP contribution in [0.5, 0.6) is 0 Å². The van der Waals surface area contributed by atoms with Crippen molar-refractivity contribution in [1.82, 2.24) is 0 Å². The zero-order valence-electron chi connectivity index (χ0n) is 8.01. The highest BCUT2D eigenvalue weighted by Gasteiger charge is 2.23. The maximum Gasteiger partial charge on any atom is 0.0218 e. The van der Waals surface area contributed by atoms with E-state index in [1.54, 1.807) is 0 Å². The first-order valence-corrected chi connectivity index (χ1v) is 4.73. The van der Waals surface area contributed by atoms with Crippen molar-refractivity contribution in [3.63, 3.8) is 0 Å². The Kier molecular flexibility index (Phi) is 5.51. The quantitative estimate of drug-likeness (QED) is 0.561. The summed E-state index contributed by atoms with van der Waals surface area (Å²) in [6.07, 6.45) is 3.64. The van der Waals surface area contributed by atoms with Gasteiger partial charge in [-0.1, -0.05) is 27.2 Å². The maximum absolute atomic E-state index is 5.80. The van der Waals surface area contributed by atoms with Crippen LogP contribution in [-0.2, 0) is 0 Å². The third kappa shape index (κ3) is 3.21. The molecular weight excluding hydrogens is 136 g/mol. The molecule has 0 radical (unpaired) electrons. The van der Waals surface area contributed by atoms with Crippen LogP contribution in [0, 0.1) is 5.92 Å². The summed E-state index contributed by atoms with van der Waals surface area (Å²) >= 11 is 0. The second-order valence-electron chi connectivity index (χ2n) is 3.15. The molecule has 1 saturated carbocycles. The lowest BCUT2D eigenvalue weighted by Crippen LogP contribution is -2.48. The molecule has 1 aliphatic rings. The molecule has 1 rings (SSSR count). The monoisotopic (exact) mass is 158 g/mol. The highest BCUT2D eigenvalue weighted by atomic mass is 14.8. The summed E-state index contributed by atoms with van der Waals surface area (Å²) < 4.78 is 0. The van der Waals surface area contributed by atoms with Crippen molar-refractivity contribution < 1.29 is 0 Å². The molecule has 68 valence electrons. The van der Waals surface area contributed by atoms with Crippen LogP contribution in [0.1, 0.15) is 40.0 Å². The Morgan fingerprint density at radius 2 is 1.64 bits per heavy atom. The van der Waals surface area contributed by atoms with E-state index in [9.17, 15) is 0 Å². The normalized spacial score (nSPS) is 37.4. The average molecular weight is 158 g/mol. The smallest absolute Gasteiger partial charge is 0.0218 e. The lowest BCUT2D eigenvalue weighted by atomic mass is 9.83. The summed E-state index contributed by atoms with van der Waals surface area (Å²) in [5.74, 6) is 0.633. The summed E-state index contributed by atoms with van der Waals surface area (Å²) in [5, 5.41) is 0. The van der Waals surface area contributed by atoms with Gasteiger partial charge in [-0.25, -0.2) is 0 Å². The molecule has 0 heterocycles. The van der Waals surface area contributed by atoms with E-state index in [0.717, 1.165) is 6.42 Å². The second kappa shape index (κ2) is 5.56. The first-order valence-electron chi connectivity index (χ1n) is 4.73. The van der Waals surface area contributed by atoms with E-state index in [4.69, 9.17) is 11.5 Å². The molecule has 0 spiro atoms. The van der Waals surface area contributed by atoms with E-state index < -0.39 is 0 Å². The van der Waals surface area contributed by atoms with Crippen molar-refractivity contribution in [1.29, 1.82) is 0 Å². The SMILES string of the molecule is CC.CC1CCCC(N)C1N. The van der Waals surface area contributed by atoms with Gasteiger partial charge in [0.2, 0.25) is 0 Å². The summed E-state index contributed by atoms with van der Waals surface area (Å²) in [4.78, 5) is 0. The van der Waals surface area contributed by atoms with Gasteiger partial charge in [0, 0.05) is 12.1 Å². The largest absolute Gasteiger partial charge is 0.326 e. The molecule has 11 heavy (non-hydrogen) atoms. The molecule has 0 aromatic carbocycles. The van der Waals surface area contributed by atoms with E-state index >= 15 is 0 Å². The number of hydrogen-bond donors (Lipinski definition) is 2. The molecule has 2 nitrogen and oxygen atoms in total. The minimum Gasteiger partial charge on any atom is -0.326 e. The van der Waals surface area contributed by atoms with Crippen molar-refractivity contribution in [3.8, 4) is 0 Å². The molecule has 0 bridgehead atoms. The van der Waals surface area contributed by atoms with Crippen molar-refractivity contribution in [2.75, 3.05) is 0 Å². The van der Waals surface area contributed by atoms with Gasteiger partial charge in [-0.2, -0.15) is 0 Å². The van der Waals surface area contributed by atoms with Crippen molar-refractivity contribution in [3.05, 3.63) is 0 Å². The topological polar surface area (TPSA) is 52.0 Å². The fraction of sp³-hybridized carbons (Fsp3) is 1.00. The molecule has 2 heteroatoms. The van der Waals surface area contributed by atoms with Gasteiger partial charge in [-0.05, 0) is 18.8 Å². The predicted octanol–water partition coefficient (Wildman–Crippen LogP) is 1.49. The van der Waals surface area contributed by atoms with E-state index in [1.165, 1.54) is 12.8 Å². The molecule has 0 aromatic heterocycles. The Bertz CT molecular complexity index is 83.6. The first-order chi connectivity index (χ1) is 5.22. The first kappa shape index (κ1) is 10.9. The maximum atomic E-state index is 5.80. The number of nitrogens with two attached hydrogens (primary N) is 2. The van der Waals surface area contributed by atoms with Gasteiger partial charge in [-0.3, -0.25) is 0 Å². The third-order valence-corrected chi connectivity index (χ3v) is 2.35. The Morgan fingerprint density at radius 3 is 2.00 bits per heavy atom. The van der Waals surface area contributed by atoms with Crippen molar-refractivity contribution >= 4 is 0 Å². The van der Waals surface area contributed by atoms with Gasteiger partial charge >= 0.3 is 0 Å². The third-order valence-electron chi connectivity index (χ3n) is 2.35. The summed E-state index contributed by atoms with van der Waals surface area (Å²) in [6.45, 7) is 6.18. The number of hydrogen-bond acceptors (Lipinski definition) is 2. The molecule has 1 aliphatic carbocycles. The van der Waals surface area contributed by atoms with Crippen LogP contribution >= 0.6 is 0 Å². The Morgan fingerprint density at radius 1 is 1.09 bits per heavy atom. The van der Waals surface area contributed by atoms with E-state index in [-0.39, 0.29) is 12.1 Å². The van der Waals surface area contributed by atoms with E-state index in [0.29, 0.717) is 5.92 Å². The molecule has 0 saturated heterocycles. The minimum absolute atomic E-state index is 0.249. The van der Waals surface area contributed by atoms with E-state index in [2.05, 4.69) is 6.92 Å². The molecule has 3 unspecified atom stereocenters. The van der Waals surface area contributed by atoms with Gasteiger partial charge < -0.3 is 11.5 Å². The van der Waals surface area contributed by atoms with E-state index in [1.807, 2.05) is 13.8 Å². The summed E-state index contributed by atoms with van der Waals surface area (Å²) in [5.41, 5.74) is 11.5. The zero-order chi connectivity index (χ0) is 8.85. The van der Waals surface area contributed by atoms with Gasteiger partial charge in [0.15, 0.2) is 0 Å². The van der Waals surface area contributed by atoms with Crippen LogP contribution in [0.4, 0.5) is 0 Å². The van der Waals surface area contributed by atoms with Crippen LogP contribution in [0.25, 0.3) is 0 Å². The van der Waals surface area contributed by atoms with Gasteiger partial charge in [0.1, 0.15) is 0 Å². The molecule has 3 atom stereocenters. The molecular formula is C9H22N2. The van der Waals surface area contributed by atoms with Crippen LogP contribution < -0.4 is 11.5 Å². The Hall–Kier alpha value is -0.0800. The fourth-order valence-corrected chi connectivity index (χ4v) is 1.48. The second-order valence-corrected chi connectivity index (χ2v) is 3.15. The number of rotatable bonds is 0. The molecule has 0 amide bonds. The van der Waals surface area contributed by atoms with Crippen molar-refractivity contribution in [2.24, 2.45) is 17.4 Å². The summed E-state index contributed by atoms with van der Waals surface area (Å²) in [7, 11) is 0. The fourth-order valence-electron chi connectivity index (χ4n) is 1.48. The standard InChI is InChI=1S/C7H16N2.C2H6/c1-5-3-2-4-6(8)7(5)9;1-2/h5-7H,2-4,8-9H2,1H3;1-2H3. The summed E-state index contributed by atoms with van der Waals surface area (Å²) in [6, 6.07) is 0.507. The van der Waals surface area contributed by atoms with Gasteiger partial charge in [-0.15, -0.1) is 0 Å². The molecule has 0 aliphatic heterocycles. The molecule has 0 aromatic rings. The highest BCUT2D eigenvalue weighted by molar-refractivity contribution is 4.84. The van der Waals surface area contributed by atoms with Crippen LogP contribution in [0.15, 0.2) is 0 Å². The lowest BCUT2D eigenvalue weighted by molar-refractivity contribution is 0.293. The van der Waals surface area contributed by atoms with Crippen LogP contribution in [-0.4, -0.2) is 12.1 Å². The van der Waals surface area contributed by atoms with Crippen LogP contribution in [0.3, 0.4) is 0 Å². The minimum atomic E-state index is 0.249. The average Bonchev–Trinajstić information content (AvgIpc) is 2.04. The molecule has 1 fully saturated rings. The lowest BCUT2D eigenvalue weighted by Gasteiger charge is -2.30. The van der Waals surface area contributed by atoms with Crippen LogP contribution in [0.2, 0.25) is 0 Å². The van der Waals surface area contributed by atoms with Gasteiger partial charge in [0.25, 0.3) is 0 Å². The molecule has 4 N–H and O–H groups in total. The van der Waals surface area contributed by atoms with Gasteiger partial charge in [0.05, 0.1) is 0 Å². The zero-order valence-corrected chi connectivity index (χ0v) is 8.01. The Labute approximate surface area is 70.3 Å². The Balaban J connectivity index is 0.000000461. The van der Waals surface area contributed by atoms with Crippen molar-refractivity contribution in [2.45, 2.75) is 52.1 Å². The predicted molar refractivity (Wildman–Crippen MR) is 50.3 cm³/mol.